The van der Waals surface area contributed by atoms with E-state index in [1.807, 2.05) is 4.57 Å². The molecule has 0 atom stereocenters. The van der Waals surface area contributed by atoms with Crippen molar-refractivity contribution >= 4 is 46.3 Å². The fourth-order valence-corrected chi connectivity index (χ4v) is 3.61. The summed E-state index contributed by atoms with van der Waals surface area (Å²) in [5, 5.41) is 15.0. The molecule has 1 saturated heterocycles. The van der Waals surface area contributed by atoms with Crippen molar-refractivity contribution in [2.45, 2.75) is 26.9 Å². The molecule has 3 rings (SSSR count). The minimum Gasteiger partial charge on any atom is -0.360 e. The van der Waals surface area contributed by atoms with Gasteiger partial charge in [-0.25, -0.2) is 4.99 Å². The number of hydrogen-bond donors (Lipinski definition) is 1. The largest absolute Gasteiger partial charge is 0.360 e. The van der Waals surface area contributed by atoms with Crippen LogP contribution in [0.4, 0.5) is 5.00 Å². The number of hydrogen-bond acceptors (Lipinski definition) is 5. The fourth-order valence-electron chi connectivity index (χ4n) is 2.83. The third-order valence-electron chi connectivity index (χ3n) is 4.14. The summed E-state index contributed by atoms with van der Waals surface area (Å²) in [6, 6.07) is 4.30. The van der Waals surface area contributed by atoms with Gasteiger partial charge in [-0.15, -0.1) is 45.5 Å². The van der Waals surface area contributed by atoms with Crippen LogP contribution in [0.5, 0.6) is 0 Å². The monoisotopic (exact) mass is 475 g/mol. The Kier molecular flexibility index (Phi) is 7.94. The molecule has 0 amide bonds. The molecule has 2 aromatic rings. The molecule has 25 heavy (non-hydrogen) atoms. The van der Waals surface area contributed by atoms with Gasteiger partial charge in [0.1, 0.15) is 12.9 Å². The Bertz CT molecular complexity index is 647. The lowest BCUT2D eigenvalue weighted by molar-refractivity contribution is 0.373. The van der Waals surface area contributed by atoms with E-state index < -0.39 is 0 Å². The summed E-state index contributed by atoms with van der Waals surface area (Å²) < 4.78 is 2.03. The smallest absolute Gasteiger partial charge is 0.194 e. The number of thiophene rings is 1. The van der Waals surface area contributed by atoms with E-state index >= 15 is 0 Å². The first-order chi connectivity index (χ1) is 11.8. The Morgan fingerprint density at radius 2 is 2.08 bits per heavy atom. The highest BCUT2D eigenvalue weighted by Crippen LogP contribution is 2.22. The average Bonchev–Trinajstić information content (AvgIpc) is 3.30. The van der Waals surface area contributed by atoms with E-state index in [1.54, 1.807) is 17.7 Å². The van der Waals surface area contributed by atoms with Gasteiger partial charge in [-0.1, -0.05) is 0 Å². The van der Waals surface area contributed by atoms with E-state index in [1.165, 1.54) is 5.00 Å². The molecule has 0 spiro atoms. The Labute approximate surface area is 170 Å². The van der Waals surface area contributed by atoms with E-state index in [0.717, 1.165) is 51.1 Å². The molecule has 2 aromatic heterocycles. The maximum Gasteiger partial charge on any atom is 0.194 e. The van der Waals surface area contributed by atoms with E-state index in [9.17, 15) is 0 Å². The summed E-state index contributed by atoms with van der Waals surface area (Å²) in [7, 11) is 0. The number of aromatic nitrogens is 3. The van der Waals surface area contributed by atoms with Gasteiger partial charge in [0.2, 0.25) is 0 Å². The van der Waals surface area contributed by atoms with E-state index in [-0.39, 0.29) is 24.0 Å². The molecule has 0 unspecified atom stereocenters. The summed E-state index contributed by atoms with van der Waals surface area (Å²) >= 11 is 1.81. The molecule has 0 radical (unpaired) electrons. The Morgan fingerprint density at radius 1 is 1.28 bits per heavy atom. The second-order valence-corrected chi connectivity index (χ2v) is 6.55. The first kappa shape index (κ1) is 20.0. The molecule has 138 valence electrons. The molecule has 9 heteroatoms. The van der Waals surface area contributed by atoms with Gasteiger partial charge in [0.15, 0.2) is 11.8 Å². The van der Waals surface area contributed by atoms with Crippen molar-refractivity contribution in [2.24, 2.45) is 4.99 Å². The minimum absolute atomic E-state index is 0. The molecule has 7 nitrogen and oxygen atoms in total. The van der Waals surface area contributed by atoms with Crippen LogP contribution in [0.3, 0.4) is 0 Å². The van der Waals surface area contributed by atoms with Crippen LogP contribution < -0.4 is 10.2 Å². The quantitative estimate of drug-likeness (QED) is 0.409. The lowest BCUT2D eigenvalue weighted by Gasteiger charge is -2.37. The lowest BCUT2D eigenvalue weighted by Crippen LogP contribution is -2.52. The van der Waals surface area contributed by atoms with Crippen LogP contribution in [0, 0.1) is 0 Å². The van der Waals surface area contributed by atoms with Crippen molar-refractivity contribution < 1.29 is 0 Å². The third-order valence-corrected chi connectivity index (χ3v) is 5.07. The molecular formula is C16H26IN7S. The molecule has 0 aliphatic carbocycles. The highest BCUT2D eigenvalue weighted by molar-refractivity contribution is 14.0. The summed E-state index contributed by atoms with van der Waals surface area (Å²) in [6.45, 7) is 10.5. The topological polar surface area (TPSA) is 61.6 Å². The first-order valence-corrected chi connectivity index (χ1v) is 9.38. The van der Waals surface area contributed by atoms with Crippen molar-refractivity contribution in [3.8, 4) is 0 Å². The van der Waals surface area contributed by atoms with Gasteiger partial charge in [0.25, 0.3) is 0 Å². The maximum atomic E-state index is 4.77. The van der Waals surface area contributed by atoms with Crippen LogP contribution in [0.15, 0.2) is 28.8 Å². The van der Waals surface area contributed by atoms with Crippen molar-refractivity contribution in [3.05, 3.63) is 29.7 Å². The zero-order valence-corrected chi connectivity index (χ0v) is 17.9. The predicted octanol–water partition coefficient (Wildman–Crippen LogP) is 2.27. The van der Waals surface area contributed by atoms with Crippen molar-refractivity contribution in [2.75, 3.05) is 37.6 Å². The first-order valence-electron chi connectivity index (χ1n) is 8.50. The van der Waals surface area contributed by atoms with Gasteiger partial charge in [0.05, 0.1) is 5.00 Å². The Balaban J connectivity index is 0.00000225. The van der Waals surface area contributed by atoms with Gasteiger partial charge in [-0.05, 0) is 31.4 Å². The fraction of sp³-hybridized carbons (Fsp3) is 0.562. The summed E-state index contributed by atoms with van der Waals surface area (Å²) in [5.41, 5.74) is 0. The molecule has 0 bridgehead atoms. The van der Waals surface area contributed by atoms with Gasteiger partial charge in [-0.3, -0.25) is 0 Å². The van der Waals surface area contributed by atoms with Crippen LogP contribution in [0.2, 0.25) is 0 Å². The third kappa shape index (κ3) is 5.06. The second-order valence-electron chi connectivity index (χ2n) is 5.63. The molecule has 3 heterocycles. The number of aliphatic imine (C=N–C) groups is 1. The predicted molar refractivity (Wildman–Crippen MR) is 114 cm³/mol. The lowest BCUT2D eigenvalue weighted by atomic mass is 10.3. The highest BCUT2D eigenvalue weighted by Gasteiger charge is 2.20. The van der Waals surface area contributed by atoms with Crippen LogP contribution in [-0.4, -0.2) is 58.3 Å². The zero-order chi connectivity index (χ0) is 16.8. The molecule has 0 saturated carbocycles. The average molecular weight is 475 g/mol. The molecule has 1 aliphatic heterocycles. The van der Waals surface area contributed by atoms with Gasteiger partial charge >= 0.3 is 0 Å². The number of halogens is 1. The van der Waals surface area contributed by atoms with Crippen LogP contribution in [-0.2, 0) is 13.1 Å². The van der Waals surface area contributed by atoms with Crippen molar-refractivity contribution in [1.29, 1.82) is 0 Å². The van der Waals surface area contributed by atoms with Crippen molar-refractivity contribution in [1.82, 2.24) is 25.0 Å². The van der Waals surface area contributed by atoms with Crippen molar-refractivity contribution in [3.63, 3.8) is 0 Å². The standard InChI is InChI=1S/C16H25N7S.HI/c1-3-17-16(18-12-14-20-19-13-21(14)4-2)23-9-7-22(8-10-23)15-6-5-11-24-15;/h5-6,11,13H,3-4,7-10,12H2,1-2H3,(H,17,18);1H. The Morgan fingerprint density at radius 3 is 2.72 bits per heavy atom. The Hall–Kier alpha value is -1.36. The number of aryl methyl sites for hydroxylation is 1. The number of anilines is 1. The van der Waals surface area contributed by atoms with Gasteiger partial charge < -0.3 is 19.7 Å². The maximum absolute atomic E-state index is 4.77. The number of rotatable bonds is 5. The summed E-state index contributed by atoms with van der Waals surface area (Å²) in [4.78, 5) is 9.54. The molecule has 1 fully saturated rings. The molecule has 1 N–H and O–H groups in total. The second kappa shape index (κ2) is 9.95. The molecule has 1 aliphatic rings. The normalized spacial score (nSPS) is 15.2. The highest BCUT2D eigenvalue weighted by atomic mass is 127. The van der Waals surface area contributed by atoms with Gasteiger partial charge in [-0.2, -0.15) is 0 Å². The molecular weight excluding hydrogens is 449 g/mol. The molecule has 0 aromatic carbocycles. The van der Waals surface area contributed by atoms with Crippen LogP contribution in [0.1, 0.15) is 19.7 Å². The number of guanidine groups is 1. The van der Waals surface area contributed by atoms with E-state index in [4.69, 9.17) is 4.99 Å². The van der Waals surface area contributed by atoms with Gasteiger partial charge in [0, 0.05) is 39.3 Å². The van der Waals surface area contributed by atoms with Crippen LogP contribution in [0.25, 0.3) is 0 Å². The van der Waals surface area contributed by atoms with E-state index in [0.29, 0.717) is 6.54 Å². The minimum atomic E-state index is 0. The SMILES string of the molecule is CCNC(=NCc1nncn1CC)N1CCN(c2cccs2)CC1.I. The zero-order valence-electron chi connectivity index (χ0n) is 14.8. The summed E-state index contributed by atoms with van der Waals surface area (Å²) in [6.07, 6.45) is 1.76. The number of nitrogens with zero attached hydrogens (tertiary/aromatic N) is 6. The number of piperazine rings is 1. The van der Waals surface area contributed by atoms with E-state index in [2.05, 4.69) is 56.7 Å². The van der Waals surface area contributed by atoms with Crippen LogP contribution >= 0.6 is 35.3 Å². The summed E-state index contributed by atoms with van der Waals surface area (Å²) in [5.74, 6) is 1.87. The number of nitrogens with one attached hydrogen (secondary N) is 1.